The molecule has 1 amide bonds. The molecule has 0 unspecified atom stereocenters. The van der Waals surface area contributed by atoms with Crippen LogP contribution < -0.4 is 4.90 Å². The Morgan fingerprint density at radius 1 is 1.08 bits per heavy atom. The van der Waals surface area contributed by atoms with Gasteiger partial charge in [0, 0.05) is 26.3 Å². The fourth-order valence-electron chi connectivity index (χ4n) is 2.24. The summed E-state index contributed by atoms with van der Waals surface area (Å²) < 4.78 is 25.7. The van der Waals surface area contributed by atoms with Gasteiger partial charge in [-0.05, 0) is 37.3 Å². The highest BCUT2D eigenvalue weighted by molar-refractivity contribution is 7.89. The number of nitrogens with zero attached hydrogens (tertiary/aromatic N) is 2. The van der Waals surface area contributed by atoms with E-state index in [0.717, 1.165) is 9.99 Å². The Labute approximate surface area is 147 Å². The molecule has 2 aromatic carbocycles. The molecule has 5 nitrogen and oxygen atoms in total. The molecule has 24 heavy (non-hydrogen) atoms. The van der Waals surface area contributed by atoms with E-state index in [9.17, 15) is 13.2 Å². The van der Waals surface area contributed by atoms with Crippen molar-refractivity contribution in [3.8, 4) is 0 Å². The predicted molar refractivity (Wildman–Crippen MR) is 96.1 cm³/mol. The van der Waals surface area contributed by atoms with Crippen LogP contribution in [-0.2, 0) is 10.0 Å². The number of halogens is 1. The quantitative estimate of drug-likeness (QED) is 0.816. The van der Waals surface area contributed by atoms with Gasteiger partial charge in [-0.3, -0.25) is 4.79 Å². The molecule has 2 aromatic rings. The average Bonchev–Trinajstić information content (AvgIpc) is 2.56. The molecule has 0 aliphatic heterocycles. The molecule has 0 bridgehead atoms. The number of anilines is 1. The monoisotopic (exact) mass is 366 g/mol. The van der Waals surface area contributed by atoms with E-state index in [1.807, 2.05) is 37.3 Å². The van der Waals surface area contributed by atoms with Crippen molar-refractivity contribution in [3.05, 3.63) is 59.1 Å². The van der Waals surface area contributed by atoms with Gasteiger partial charge in [-0.25, -0.2) is 12.7 Å². The Morgan fingerprint density at radius 2 is 1.71 bits per heavy atom. The molecule has 0 aliphatic carbocycles. The smallest absolute Gasteiger partial charge is 0.259 e. The van der Waals surface area contributed by atoms with Crippen molar-refractivity contribution in [3.63, 3.8) is 0 Å². The van der Waals surface area contributed by atoms with Gasteiger partial charge in [0.2, 0.25) is 10.0 Å². The summed E-state index contributed by atoms with van der Waals surface area (Å²) in [5.41, 5.74) is 0.882. The Bertz CT molecular complexity index is 836. The van der Waals surface area contributed by atoms with Crippen LogP contribution in [0.3, 0.4) is 0 Å². The van der Waals surface area contributed by atoms with E-state index in [4.69, 9.17) is 11.6 Å². The van der Waals surface area contributed by atoms with Crippen LogP contribution in [0.5, 0.6) is 0 Å². The van der Waals surface area contributed by atoms with Gasteiger partial charge in [-0.1, -0.05) is 29.8 Å². The van der Waals surface area contributed by atoms with Gasteiger partial charge in [0.25, 0.3) is 5.91 Å². The Hall–Kier alpha value is -1.89. The molecule has 0 aliphatic rings. The number of hydrogen-bond donors (Lipinski definition) is 0. The van der Waals surface area contributed by atoms with Gasteiger partial charge >= 0.3 is 0 Å². The topological polar surface area (TPSA) is 57.7 Å². The molecular formula is C17H19ClN2O3S. The van der Waals surface area contributed by atoms with Crippen molar-refractivity contribution in [2.45, 2.75) is 11.8 Å². The van der Waals surface area contributed by atoms with Crippen LogP contribution in [0.15, 0.2) is 53.4 Å². The molecule has 2 rings (SSSR count). The second-order valence-electron chi connectivity index (χ2n) is 5.31. The molecule has 0 aromatic heterocycles. The zero-order valence-corrected chi connectivity index (χ0v) is 15.3. The van der Waals surface area contributed by atoms with E-state index in [0.29, 0.717) is 6.54 Å². The highest BCUT2D eigenvalue weighted by Gasteiger charge is 2.23. The maximum absolute atomic E-state index is 12.9. The van der Waals surface area contributed by atoms with E-state index < -0.39 is 10.0 Å². The number of carbonyl (C=O) groups is 1. The maximum atomic E-state index is 12.9. The number of rotatable bonds is 5. The first-order chi connectivity index (χ1) is 11.3. The Kier molecular flexibility index (Phi) is 5.64. The molecule has 0 N–H and O–H groups in total. The van der Waals surface area contributed by atoms with Crippen LogP contribution in [0.2, 0.25) is 5.02 Å². The van der Waals surface area contributed by atoms with Gasteiger partial charge in [-0.15, -0.1) is 0 Å². The van der Waals surface area contributed by atoms with Crippen LogP contribution in [-0.4, -0.2) is 39.3 Å². The zero-order valence-electron chi connectivity index (χ0n) is 13.7. The largest absolute Gasteiger partial charge is 0.309 e. The SMILES string of the molecule is CCN(C(=O)c1cc(S(=O)(=O)N(C)C)ccc1Cl)c1ccccc1. The number of benzene rings is 2. The first-order valence-corrected chi connectivity index (χ1v) is 9.19. The van der Waals surface area contributed by atoms with Crippen molar-refractivity contribution >= 4 is 33.2 Å². The third-order valence-electron chi connectivity index (χ3n) is 3.58. The van der Waals surface area contributed by atoms with Crippen molar-refractivity contribution < 1.29 is 13.2 Å². The van der Waals surface area contributed by atoms with Gasteiger partial charge in [0.05, 0.1) is 15.5 Å². The third-order valence-corrected chi connectivity index (χ3v) is 5.72. The van der Waals surface area contributed by atoms with E-state index >= 15 is 0 Å². The van der Waals surface area contributed by atoms with E-state index in [1.165, 1.54) is 32.3 Å². The van der Waals surface area contributed by atoms with Gasteiger partial charge in [-0.2, -0.15) is 0 Å². The summed E-state index contributed by atoms with van der Waals surface area (Å²) in [7, 11) is -0.766. The third kappa shape index (κ3) is 3.61. The molecule has 7 heteroatoms. The second kappa shape index (κ2) is 7.34. The van der Waals surface area contributed by atoms with Gasteiger partial charge in [0.1, 0.15) is 0 Å². The summed E-state index contributed by atoms with van der Waals surface area (Å²) in [6, 6.07) is 13.3. The van der Waals surface area contributed by atoms with Crippen LogP contribution >= 0.6 is 11.6 Å². The van der Waals surface area contributed by atoms with Crippen LogP contribution in [0.1, 0.15) is 17.3 Å². The highest BCUT2D eigenvalue weighted by Crippen LogP contribution is 2.25. The molecule has 0 saturated heterocycles. The number of hydrogen-bond acceptors (Lipinski definition) is 3. The number of amides is 1. The minimum Gasteiger partial charge on any atom is -0.309 e. The fraction of sp³-hybridized carbons (Fsp3) is 0.235. The number of sulfonamides is 1. The van der Waals surface area contributed by atoms with Gasteiger partial charge < -0.3 is 4.90 Å². The van der Waals surface area contributed by atoms with Crippen molar-refractivity contribution in [2.24, 2.45) is 0 Å². The maximum Gasteiger partial charge on any atom is 0.259 e. The van der Waals surface area contributed by atoms with Gasteiger partial charge in [0.15, 0.2) is 0 Å². The lowest BCUT2D eigenvalue weighted by Gasteiger charge is -2.22. The molecule has 0 saturated carbocycles. The standard InChI is InChI=1S/C17H19ClN2O3S/c1-4-20(13-8-6-5-7-9-13)17(21)15-12-14(10-11-16(15)18)24(22,23)19(2)3/h5-12H,4H2,1-3H3. The molecule has 0 atom stereocenters. The first kappa shape index (κ1) is 18.4. The van der Waals surface area contributed by atoms with E-state index in [-0.39, 0.29) is 21.4 Å². The van der Waals surface area contributed by atoms with Crippen LogP contribution in [0.4, 0.5) is 5.69 Å². The Morgan fingerprint density at radius 3 is 2.25 bits per heavy atom. The van der Waals surface area contributed by atoms with E-state index in [1.54, 1.807) is 4.90 Å². The summed E-state index contributed by atoms with van der Waals surface area (Å²) in [6.45, 7) is 2.28. The highest BCUT2D eigenvalue weighted by atomic mass is 35.5. The summed E-state index contributed by atoms with van der Waals surface area (Å²) in [5, 5.41) is 0.215. The second-order valence-corrected chi connectivity index (χ2v) is 7.87. The minimum atomic E-state index is -3.64. The van der Waals surface area contributed by atoms with Crippen molar-refractivity contribution in [1.29, 1.82) is 0 Å². The minimum absolute atomic E-state index is 0.0318. The van der Waals surface area contributed by atoms with Crippen molar-refractivity contribution in [2.75, 3.05) is 25.5 Å². The fourth-order valence-corrected chi connectivity index (χ4v) is 3.36. The normalized spacial score (nSPS) is 11.5. The van der Waals surface area contributed by atoms with Crippen molar-refractivity contribution in [1.82, 2.24) is 4.31 Å². The molecule has 0 radical (unpaired) electrons. The summed E-state index contributed by atoms with van der Waals surface area (Å²) in [5.74, 6) is -0.343. The molecule has 0 fully saturated rings. The summed E-state index contributed by atoms with van der Waals surface area (Å²) in [4.78, 5) is 14.5. The number of carbonyl (C=O) groups excluding carboxylic acids is 1. The summed E-state index contributed by atoms with van der Waals surface area (Å²) >= 11 is 6.15. The average molecular weight is 367 g/mol. The molecule has 0 spiro atoms. The summed E-state index contributed by atoms with van der Waals surface area (Å²) in [6.07, 6.45) is 0. The Balaban J connectivity index is 2.49. The first-order valence-electron chi connectivity index (χ1n) is 7.38. The molecule has 0 heterocycles. The lowest BCUT2D eigenvalue weighted by atomic mass is 10.1. The lowest BCUT2D eigenvalue weighted by molar-refractivity contribution is 0.0988. The van der Waals surface area contributed by atoms with Crippen LogP contribution in [0.25, 0.3) is 0 Å². The molecular weight excluding hydrogens is 348 g/mol. The van der Waals surface area contributed by atoms with Crippen LogP contribution in [0, 0.1) is 0 Å². The zero-order chi connectivity index (χ0) is 17.9. The predicted octanol–water partition coefficient (Wildman–Crippen LogP) is 3.26. The van der Waals surface area contributed by atoms with E-state index in [2.05, 4.69) is 0 Å². The lowest BCUT2D eigenvalue weighted by Crippen LogP contribution is -2.31. The number of para-hydroxylation sites is 1. The molecule has 128 valence electrons.